The molecule has 0 radical (unpaired) electrons. The van der Waals surface area contributed by atoms with Crippen LogP contribution in [0.4, 0.5) is 10.1 Å². The van der Waals surface area contributed by atoms with Crippen molar-refractivity contribution < 1.29 is 14.2 Å². The van der Waals surface area contributed by atoms with Crippen LogP contribution in [0.25, 0.3) is 0 Å². The highest BCUT2D eigenvalue weighted by Crippen LogP contribution is 2.30. The van der Waals surface area contributed by atoms with Gasteiger partial charge in [-0.05, 0) is 31.5 Å². The minimum Gasteiger partial charge on any atom is -0.389 e. The van der Waals surface area contributed by atoms with Crippen LogP contribution < -0.4 is 4.90 Å². The number of aliphatic hydroxyl groups excluding tert-OH is 1. The summed E-state index contributed by atoms with van der Waals surface area (Å²) in [6.45, 7) is 4.81. The number of aryl methyl sites for hydroxylation is 1. The Balaban J connectivity index is 2.38. The van der Waals surface area contributed by atoms with Crippen molar-refractivity contribution in [3.63, 3.8) is 0 Å². The summed E-state index contributed by atoms with van der Waals surface area (Å²) in [5.74, 6) is -0.329. The molecule has 0 aromatic heterocycles. The van der Waals surface area contributed by atoms with Gasteiger partial charge in [0.2, 0.25) is 0 Å². The number of rotatable bonds is 2. The lowest BCUT2D eigenvalue weighted by Crippen LogP contribution is -2.42. The second kappa shape index (κ2) is 5.55. The summed E-state index contributed by atoms with van der Waals surface area (Å²) in [5.41, 5.74) is 1.85. The van der Waals surface area contributed by atoms with E-state index in [0.29, 0.717) is 30.8 Å². The zero-order chi connectivity index (χ0) is 14.0. The number of benzene rings is 1. The number of ether oxygens (including phenoxy) is 1. The summed E-state index contributed by atoms with van der Waals surface area (Å²) in [7, 11) is 0. The average Bonchev–Trinajstić information content (AvgIpc) is 2.41. The average molecular weight is 264 g/mol. The molecule has 1 unspecified atom stereocenters. The minimum absolute atomic E-state index is 0.329. The van der Waals surface area contributed by atoms with Gasteiger partial charge in [-0.3, -0.25) is 0 Å². The zero-order valence-corrected chi connectivity index (χ0v) is 11.1. The maximum Gasteiger partial charge on any atom is 0.161 e. The van der Waals surface area contributed by atoms with E-state index in [1.807, 2.05) is 4.90 Å². The second-order valence-electron chi connectivity index (χ2n) is 4.77. The van der Waals surface area contributed by atoms with E-state index >= 15 is 0 Å². The highest BCUT2D eigenvalue weighted by Gasteiger charge is 2.24. The summed E-state index contributed by atoms with van der Waals surface area (Å²) in [5, 5.41) is 18.7. The Morgan fingerprint density at radius 2 is 2.32 bits per heavy atom. The van der Waals surface area contributed by atoms with Crippen LogP contribution in [-0.4, -0.2) is 30.9 Å². The van der Waals surface area contributed by atoms with E-state index in [0.717, 1.165) is 5.69 Å². The van der Waals surface area contributed by atoms with Crippen LogP contribution in [0.2, 0.25) is 0 Å². The molecule has 0 amide bonds. The standard InChI is InChI=1S/C14H17FN2O2/c1-9-5-14(12(10(2)18)6-13(9)15)17-3-4-19-11(7-16)8-17/h5-6,10-11,18H,3-4,8H2,1-2H3/t10-,11?/m0/s1. The number of anilines is 1. The lowest BCUT2D eigenvalue weighted by Gasteiger charge is -2.33. The van der Waals surface area contributed by atoms with Crippen molar-refractivity contribution in [2.45, 2.75) is 26.1 Å². The maximum atomic E-state index is 13.6. The smallest absolute Gasteiger partial charge is 0.161 e. The Kier molecular flexibility index (Phi) is 4.03. The SMILES string of the molecule is Cc1cc(N2CCOC(C#N)C2)c([C@H](C)O)cc1F. The van der Waals surface area contributed by atoms with Gasteiger partial charge in [-0.2, -0.15) is 5.26 Å². The van der Waals surface area contributed by atoms with E-state index < -0.39 is 12.2 Å². The van der Waals surface area contributed by atoms with Crippen molar-refractivity contribution >= 4 is 5.69 Å². The number of aliphatic hydroxyl groups is 1. The Morgan fingerprint density at radius 1 is 1.58 bits per heavy atom. The number of nitriles is 1. The monoisotopic (exact) mass is 264 g/mol. The van der Waals surface area contributed by atoms with Crippen molar-refractivity contribution in [2.75, 3.05) is 24.6 Å². The van der Waals surface area contributed by atoms with Gasteiger partial charge in [-0.1, -0.05) is 0 Å². The molecule has 0 aliphatic carbocycles. The summed E-state index contributed by atoms with van der Waals surface area (Å²) >= 11 is 0. The van der Waals surface area contributed by atoms with Gasteiger partial charge in [-0.25, -0.2) is 4.39 Å². The number of nitrogens with zero attached hydrogens (tertiary/aromatic N) is 2. The number of hydrogen-bond donors (Lipinski definition) is 1. The van der Waals surface area contributed by atoms with Crippen LogP contribution in [0.15, 0.2) is 12.1 Å². The minimum atomic E-state index is -0.756. The molecule has 0 bridgehead atoms. The molecule has 0 spiro atoms. The molecule has 1 N–H and O–H groups in total. The molecular weight excluding hydrogens is 247 g/mol. The summed E-state index contributed by atoms with van der Waals surface area (Å²) in [6, 6.07) is 5.16. The van der Waals surface area contributed by atoms with Crippen LogP contribution in [0.1, 0.15) is 24.2 Å². The highest BCUT2D eigenvalue weighted by molar-refractivity contribution is 5.57. The van der Waals surface area contributed by atoms with Gasteiger partial charge in [0.25, 0.3) is 0 Å². The fourth-order valence-corrected chi connectivity index (χ4v) is 2.24. The lowest BCUT2D eigenvalue weighted by molar-refractivity contribution is 0.0761. The van der Waals surface area contributed by atoms with E-state index in [-0.39, 0.29) is 5.82 Å². The van der Waals surface area contributed by atoms with Crippen molar-refractivity contribution in [1.82, 2.24) is 0 Å². The van der Waals surface area contributed by atoms with Gasteiger partial charge in [0.05, 0.1) is 25.3 Å². The summed E-state index contributed by atoms with van der Waals surface area (Å²) < 4.78 is 18.9. The molecule has 2 rings (SSSR count). The van der Waals surface area contributed by atoms with Gasteiger partial charge < -0.3 is 14.7 Å². The molecule has 102 valence electrons. The topological polar surface area (TPSA) is 56.5 Å². The molecule has 19 heavy (non-hydrogen) atoms. The molecule has 1 aromatic rings. The largest absolute Gasteiger partial charge is 0.389 e. The van der Waals surface area contributed by atoms with Crippen LogP contribution in [-0.2, 0) is 4.74 Å². The summed E-state index contributed by atoms with van der Waals surface area (Å²) in [6.07, 6.45) is -1.24. The van der Waals surface area contributed by atoms with Crippen LogP contribution >= 0.6 is 0 Å². The lowest BCUT2D eigenvalue weighted by atomic mass is 10.0. The van der Waals surface area contributed by atoms with E-state index in [2.05, 4.69) is 6.07 Å². The number of hydrogen-bond acceptors (Lipinski definition) is 4. The van der Waals surface area contributed by atoms with E-state index in [1.165, 1.54) is 6.07 Å². The predicted octanol–water partition coefficient (Wildman–Crippen LogP) is 1.92. The Labute approximate surface area is 112 Å². The Hall–Kier alpha value is -1.64. The Bertz CT molecular complexity index is 511. The first-order valence-corrected chi connectivity index (χ1v) is 6.27. The van der Waals surface area contributed by atoms with Gasteiger partial charge in [0.1, 0.15) is 5.82 Å². The van der Waals surface area contributed by atoms with Crippen LogP contribution in [0.3, 0.4) is 0 Å². The molecule has 1 fully saturated rings. The first-order valence-electron chi connectivity index (χ1n) is 6.27. The number of morpholine rings is 1. The van der Waals surface area contributed by atoms with Gasteiger partial charge in [0, 0.05) is 17.8 Å². The third kappa shape index (κ3) is 2.86. The predicted molar refractivity (Wildman–Crippen MR) is 69.3 cm³/mol. The van der Waals surface area contributed by atoms with Gasteiger partial charge >= 0.3 is 0 Å². The maximum absolute atomic E-state index is 13.6. The molecule has 1 aromatic carbocycles. The van der Waals surface area contributed by atoms with Crippen molar-refractivity contribution in [2.24, 2.45) is 0 Å². The molecule has 1 aliphatic heterocycles. The van der Waals surface area contributed by atoms with Gasteiger partial charge in [-0.15, -0.1) is 0 Å². The summed E-state index contributed by atoms with van der Waals surface area (Å²) in [4.78, 5) is 1.96. The molecule has 1 saturated heterocycles. The normalized spacial score (nSPS) is 21.0. The van der Waals surface area contributed by atoms with Crippen LogP contribution in [0, 0.1) is 24.1 Å². The fraction of sp³-hybridized carbons (Fsp3) is 0.500. The molecule has 5 heteroatoms. The van der Waals surface area contributed by atoms with E-state index in [9.17, 15) is 9.50 Å². The molecule has 1 aliphatic rings. The number of halogens is 1. The quantitative estimate of drug-likeness (QED) is 0.886. The highest BCUT2D eigenvalue weighted by atomic mass is 19.1. The molecular formula is C14H17FN2O2. The van der Waals surface area contributed by atoms with Crippen molar-refractivity contribution in [3.8, 4) is 6.07 Å². The van der Waals surface area contributed by atoms with Crippen molar-refractivity contribution in [3.05, 3.63) is 29.1 Å². The first-order chi connectivity index (χ1) is 9.02. The Morgan fingerprint density at radius 3 is 2.95 bits per heavy atom. The van der Waals surface area contributed by atoms with E-state index in [4.69, 9.17) is 10.00 Å². The second-order valence-corrected chi connectivity index (χ2v) is 4.77. The van der Waals surface area contributed by atoms with Crippen molar-refractivity contribution in [1.29, 1.82) is 5.26 Å². The first kappa shape index (κ1) is 13.8. The molecule has 2 atom stereocenters. The zero-order valence-electron chi connectivity index (χ0n) is 11.1. The third-order valence-corrected chi connectivity index (χ3v) is 3.31. The third-order valence-electron chi connectivity index (χ3n) is 3.31. The van der Waals surface area contributed by atoms with E-state index in [1.54, 1.807) is 19.9 Å². The molecule has 4 nitrogen and oxygen atoms in total. The fourth-order valence-electron chi connectivity index (χ4n) is 2.24. The molecule has 1 heterocycles. The van der Waals surface area contributed by atoms with Gasteiger partial charge in [0.15, 0.2) is 6.10 Å². The van der Waals surface area contributed by atoms with Crippen LogP contribution in [0.5, 0.6) is 0 Å². The molecule has 0 saturated carbocycles.